The highest BCUT2D eigenvalue weighted by molar-refractivity contribution is 6.10. The Labute approximate surface area is 140 Å². The number of nitrogens with one attached hydrogen (secondary N) is 1. The van der Waals surface area contributed by atoms with E-state index in [-0.39, 0.29) is 12.4 Å². The number of carbonyl (C=O) groups is 2. The molecule has 0 radical (unpaired) electrons. The Morgan fingerprint density at radius 2 is 1.92 bits per heavy atom. The molecule has 2 aromatic rings. The first-order valence-electron chi connectivity index (χ1n) is 6.93. The number of aromatic carboxylic acids is 1. The lowest BCUT2D eigenvalue weighted by molar-refractivity contribution is -0.137. The van der Waals surface area contributed by atoms with Crippen LogP contribution in [0, 0.1) is 0 Å². The van der Waals surface area contributed by atoms with Crippen LogP contribution in [0.1, 0.15) is 32.0 Å². The van der Waals surface area contributed by atoms with Crippen molar-refractivity contribution in [2.45, 2.75) is 12.8 Å². The monoisotopic (exact) mass is 354 g/mol. The zero-order valence-electron chi connectivity index (χ0n) is 12.9. The van der Waals surface area contributed by atoms with Crippen molar-refractivity contribution in [1.29, 1.82) is 0 Å². The molecule has 0 aliphatic carbocycles. The molecule has 1 aromatic heterocycles. The number of benzene rings is 1. The maximum Gasteiger partial charge on any atom is 0.416 e. The van der Waals surface area contributed by atoms with Crippen LogP contribution in [-0.2, 0) is 17.5 Å². The second-order valence-electron chi connectivity index (χ2n) is 4.96. The summed E-state index contributed by atoms with van der Waals surface area (Å²) in [6.07, 6.45) is -4.71. The molecule has 132 valence electrons. The van der Waals surface area contributed by atoms with Gasteiger partial charge in [0.05, 0.1) is 29.0 Å². The molecule has 0 atom stereocenters. The van der Waals surface area contributed by atoms with E-state index in [0.29, 0.717) is 17.8 Å². The van der Waals surface area contributed by atoms with Crippen LogP contribution in [0.5, 0.6) is 0 Å². The topological polar surface area (TPSA) is 88.5 Å². The molecular formula is C16H13F3N2O4. The van der Waals surface area contributed by atoms with Gasteiger partial charge >= 0.3 is 12.1 Å². The van der Waals surface area contributed by atoms with E-state index >= 15 is 0 Å². The summed E-state index contributed by atoms with van der Waals surface area (Å²) in [5, 5.41) is 11.5. The number of ether oxygens (including phenoxy) is 1. The van der Waals surface area contributed by atoms with Gasteiger partial charge in [-0.25, -0.2) is 9.78 Å². The highest BCUT2D eigenvalue weighted by Gasteiger charge is 2.32. The maximum atomic E-state index is 12.7. The fourth-order valence-corrected chi connectivity index (χ4v) is 2.06. The number of rotatable bonds is 5. The Bertz CT molecular complexity index is 806. The van der Waals surface area contributed by atoms with Crippen LogP contribution in [0.25, 0.3) is 0 Å². The number of carbonyl (C=O) groups excluding carboxylic acids is 1. The average Bonchev–Trinajstić information content (AvgIpc) is 2.54. The predicted molar refractivity (Wildman–Crippen MR) is 81.3 cm³/mol. The van der Waals surface area contributed by atoms with Gasteiger partial charge < -0.3 is 15.2 Å². The van der Waals surface area contributed by atoms with Crippen LogP contribution < -0.4 is 5.32 Å². The SMILES string of the molecule is COCc1cccc(NC(=O)c2ccc(C(F)(F)F)cc2C(=O)O)n1. The van der Waals surface area contributed by atoms with Crippen molar-refractivity contribution in [3.63, 3.8) is 0 Å². The van der Waals surface area contributed by atoms with E-state index in [1.807, 2.05) is 0 Å². The van der Waals surface area contributed by atoms with Gasteiger partial charge in [0.25, 0.3) is 5.91 Å². The molecule has 0 unspecified atom stereocenters. The van der Waals surface area contributed by atoms with E-state index in [4.69, 9.17) is 9.84 Å². The van der Waals surface area contributed by atoms with Crippen molar-refractivity contribution in [2.24, 2.45) is 0 Å². The van der Waals surface area contributed by atoms with Gasteiger partial charge in [-0.1, -0.05) is 6.07 Å². The van der Waals surface area contributed by atoms with E-state index in [1.165, 1.54) is 13.2 Å². The van der Waals surface area contributed by atoms with E-state index in [9.17, 15) is 22.8 Å². The Hall–Kier alpha value is -2.94. The summed E-state index contributed by atoms with van der Waals surface area (Å²) >= 11 is 0. The lowest BCUT2D eigenvalue weighted by atomic mass is 10.0. The van der Waals surface area contributed by atoms with Crippen molar-refractivity contribution < 1.29 is 32.6 Å². The summed E-state index contributed by atoms with van der Waals surface area (Å²) in [5.41, 5.74) is -1.78. The maximum absolute atomic E-state index is 12.7. The van der Waals surface area contributed by atoms with E-state index < -0.39 is 34.7 Å². The number of halogens is 3. The summed E-state index contributed by atoms with van der Waals surface area (Å²) in [6, 6.07) is 6.60. The Morgan fingerprint density at radius 1 is 1.20 bits per heavy atom. The normalized spacial score (nSPS) is 11.2. The number of amides is 1. The smallest absolute Gasteiger partial charge is 0.416 e. The van der Waals surface area contributed by atoms with Gasteiger partial charge in [-0.05, 0) is 30.3 Å². The second kappa shape index (κ2) is 7.31. The third-order valence-electron chi connectivity index (χ3n) is 3.16. The Kier molecular flexibility index (Phi) is 5.38. The molecule has 0 saturated heterocycles. The van der Waals surface area contributed by atoms with Crippen LogP contribution in [0.2, 0.25) is 0 Å². The second-order valence-corrected chi connectivity index (χ2v) is 4.96. The molecule has 9 heteroatoms. The van der Waals surface area contributed by atoms with E-state index in [1.54, 1.807) is 12.1 Å². The first-order valence-corrected chi connectivity index (χ1v) is 6.93. The van der Waals surface area contributed by atoms with Crippen molar-refractivity contribution in [1.82, 2.24) is 4.98 Å². The van der Waals surface area contributed by atoms with Crippen LogP contribution in [-0.4, -0.2) is 29.1 Å². The lowest BCUT2D eigenvalue weighted by Gasteiger charge is -2.11. The van der Waals surface area contributed by atoms with Crippen LogP contribution in [0.3, 0.4) is 0 Å². The Balaban J connectivity index is 2.32. The number of anilines is 1. The number of aromatic nitrogens is 1. The van der Waals surface area contributed by atoms with Crippen molar-refractivity contribution in [3.8, 4) is 0 Å². The number of carboxylic acids is 1. The highest BCUT2D eigenvalue weighted by atomic mass is 19.4. The molecule has 6 nitrogen and oxygen atoms in total. The highest BCUT2D eigenvalue weighted by Crippen LogP contribution is 2.30. The van der Waals surface area contributed by atoms with Gasteiger partial charge in [0, 0.05) is 7.11 Å². The molecule has 0 aliphatic rings. The third-order valence-corrected chi connectivity index (χ3v) is 3.16. The number of carboxylic acid groups (broad SMARTS) is 1. The molecule has 0 aliphatic heterocycles. The van der Waals surface area contributed by atoms with Gasteiger partial charge in [-0.2, -0.15) is 13.2 Å². The van der Waals surface area contributed by atoms with Gasteiger partial charge in [0.15, 0.2) is 0 Å². The zero-order valence-corrected chi connectivity index (χ0v) is 12.9. The Morgan fingerprint density at radius 3 is 2.52 bits per heavy atom. The summed E-state index contributed by atoms with van der Waals surface area (Å²) < 4.78 is 43.0. The van der Waals surface area contributed by atoms with Crippen molar-refractivity contribution >= 4 is 17.7 Å². The molecular weight excluding hydrogens is 341 g/mol. The van der Waals surface area contributed by atoms with Crippen molar-refractivity contribution in [3.05, 3.63) is 58.8 Å². The fraction of sp³-hybridized carbons (Fsp3) is 0.188. The fourth-order valence-electron chi connectivity index (χ4n) is 2.06. The minimum atomic E-state index is -4.71. The molecule has 0 spiro atoms. The molecule has 1 heterocycles. The summed E-state index contributed by atoms with van der Waals surface area (Å²) in [5.74, 6) is -2.40. The summed E-state index contributed by atoms with van der Waals surface area (Å²) in [7, 11) is 1.47. The number of hydrogen-bond donors (Lipinski definition) is 2. The zero-order chi connectivity index (χ0) is 18.6. The first kappa shape index (κ1) is 18.4. The van der Waals surface area contributed by atoms with Crippen LogP contribution >= 0.6 is 0 Å². The molecule has 0 fully saturated rings. The molecule has 0 saturated carbocycles. The molecule has 0 bridgehead atoms. The molecule has 1 aromatic carbocycles. The van der Waals surface area contributed by atoms with Crippen LogP contribution in [0.15, 0.2) is 36.4 Å². The molecule has 25 heavy (non-hydrogen) atoms. The number of hydrogen-bond acceptors (Lipinski definition) is 4. The summed E-state index contributed by atoms with van der Waals surface area (Å²) in [6.45, 7) is 0.199. The minimum Gasteiger partial charge on any atom is -0.478 e. The van der Waals surface area contributed by atoms with Crippen molar-refractivity contribution in [2.75, 3.05) is 12.4 Å². The van der Waals surface area contributed by atoms with Gasteiger partial charge in [0.2, 0.25) is 0 Å². The predicted octanol–water partition coefficient (Wildman–Crippen LogP) is 3.20. The summed E-state index contributed by atoms with van der Waals surface area (Å²) in [4.78, 5) is 27.5. The minimum absolute atomic E-state index is 0.121. The molecule has 2 rings (SSSR count). The number of methoxy groups -OCH3 is 1. The van der Waals surface area contributed by atoms with Crippen LogP contribution in [0.4, 0.5) is 19.0 Å². The van der Waals surface area contributed by atoms with E-state index in [0.717, 1.165) is 6.07 Å². The third kappa shape index (κ3) is 4.54. The van der Waals surface area contributed by atoms with Gasteiger partial charge in [-0.3, -0.25) is 4.79 Å². The quantitative estimate of drug-likeness (QED) is 0.861. The van der Waals surface area contributed by atoms with E-state index in [2.05, 4.69) is 10.3 Å². The standard InChI is InChI=1S/C16H13F3N2O4/c1-25-8-10-3-2-4-13(20-10)21-14(22)11-6-5-9(16(17,18)19)7-12(11)15(23)24/h2-7H,8H2,1H3,(H,23,24)(H,20,21,22). The van der Waals surface area contributed by atoms with Gasteiger partial charge in [0.1, 0.15) is 5.82 Å². The number of nitrogens with zero attached hydrogens (tertiary/aromatic N) is 1. The number of pyridine rings is 1. The molecule has 2 N–H and O–H groups in total. The first-order chi connectivity index (χ1) is 11.7. The number of alkyl halides is 3. The molecule has 1 amide bonds. The van der Waals surface area contributed by atoms with Gasteiger partial charge in [-0.15, -0.1) is 0 Å². The largest absolute Gasteiger partial charge is 0.478 e. The average molecular weight is 354 g/mol. The lowest BCUT2D eigenvalue weighted by Crippen LogP contribution is -2.18.